The van der Waals surface area contributed by atoms with Crippen LogP contribution in [0.3, 0.4) is 0 Å². The molecule has 0 fully saturated rings. The maximum absolute atomic E-state index is 12.5. The standard InChI is InChI=1S/C18H15N7O2/c1-27-13-5-2-4-12(8-13)14-9-15(24-23-14)18(26)22-16-10-17(20-11-19-16)25-7-3-6-21-25/h2-11H,1H3,(H,23,24)(H,19,20,22,26). The Morgan fingerprint density at radius 1 is 1.19 bits per heavy atom. The minimum absolute atomic E-state index is 0.312. The quantitative estimate of drug-likeness (QED) is 0.564. The molecule has 9 nitrogen and oxygen atoms in total. The number of nitrogens with one attached hydrogen (secondary N) is 2. The van der Waals surface area contributed by atoms with E-state index in [2.05, 4.69) is 30.6 Å². The van der Waals surface area contributed by atoms with Crippen molar-refractivity contribution in [2.45, 2.75) is 0 Å². The predicted octanol–water partition coefficient (Wildman–Crippen LogP) is 2.31. The lowest BCUT2D eigenvalue weighted by Gasteiger charge is -2.04. The number of carbonyl (C=O) groups excluding carboxylic acids is 1. The first-order valence-corrected chi connectivity index (χ1v) is 8.06. The van der Waals surface area contributed by atoms with Gasteiger partial charge in [0.2, 0.25) is 0 Å². The van der Waals surface area contributed by atoms with Crippen molar-refractivity contribution in [3.8, 4) is 22.8 Å². The molecular formula is C18H15N7O2. The number of ether oxygens (including phenoxy) is 1. The van der Waals surface area contributed by atoms with E-state index in [9.17, 15) is 4.79 Å². The number of nitrogens with zero attached hydrogens (tertiary/aromatic N) is 5. The molecule has 4 rings (SSSR count). The molecule has 2 N–H and O–H groups in total. The Bertz CT molecular complexity index is 1070. The molecule has 0 unspecified atom stereocenters. The van der Waals surface area contributed by atoms with E-state index in [1.54, 1.807) is 42.4 Å². The van der Waals surface area contributed by atoms with Crippen LogP contribution < -0.4 is 10.1 Å². The van der Waals surface area contributed by atoms with Crippen molar-refractivity contribution >= 4 is 11.7 Å². The Kier molecular flexibility index (Phi) is 4.32. The number of hydrogen-bond donors (Lipinski definition) is 2. The molecule has 0 atom stereocenters. The number of aromatic nitrogens is 6. The van der Waals surface area contributed by atoms with Gasteiger partial charge in [-0.3, -0.25) is 9.89 Å². The van der Waals surface area contributed by atoms with E-state index < -0.39 is 0 Å². The number of anilines is 1. The lowest BCUT2D eigenvalue weighted by Crippen LogP contribution is -2.14. The molecule has 0 aliphatic heterocycles. The fraction of sp³-hybridized carbons (Fsp3) is 0.0556. The van der Waals surface area contributed by atoms with E-state index in [1.807, 2.05) is 24.3 Å². The Morgan fingerprint density at radius 3 is 2.93 bits per heavy atom. The summed E-state index contributed by atoms with van der Waals surface area (Å²) in [5.74, 6) is 1.26. The van der Waals surface area contributed by atoms with Gasteiger partial charge in [-0.2, -0.15) is 10.2 Å². The number of carbonyl (C=O) groups is 1. The van der Waals surface area contributed by atoms with Gasteiger partial charge in [-0.15, -0.1) is 0 Å². The summed E-state index contributed by atoms with van der Waals surface area (Å²) < 4.78 is 6.79. The van der Waals surface area contributed by atoms with Crippen LogP contribution >= 0.6 is 0 Å². The van der Waals surface area contributed by atoms with Crippen molar-refractivity contribution in [3.05, 3.63) is 66.9 Å². The average molecular weight is 361 g/mol. The number of aromatic amines is 1. The van der Waals surface area contributed by atoms with Crippen LogP contribution in [0.5, 0.6) is 5.75 Å². The third kappa shape index (κ3) is 3.52. The molecular weight excluding hydrogens is 346 g/mol. The molecule has 0 aliphatic carbocycles. The van der Waals surface area contributed by atoms with Gasteiger partial charge in [-0.25, -0.2) is 14.6 Å². The summed E-state index contributed by atoms with van der Waals surface area (Å²) in [4.78, 5) is 20.7. The third-order valence-electron chi connectivity index (χ3n) is 3.82. The topological polar surface area (TPSA) is 111 Å². The van der Waals surface area contributed by atoms with Gasteiger partial charge in [0.05, 0.1) is 12.8 Å². The zero-order valence-electron chi connectivity index (χ0n) is 14.3. The Morgan fingerprint density at radius 2 is 2.11 bits per heavy atom. The number of H-pyrrole nitrogens is 1. The maximum Gasteiger partial charge on any atom is 0.274 e. The van der Waals surface area contributed by atoms with Crippen LogP contribution in [0.4, 0.5) is 5.82 Å². The van der Waals surface area contributed by atoms with Gasteiger partial charge in [0.15, 0.2) is 5.82 Å². The largest absolute Gasteiger partial charge is 0.497 e. The summed E-state index contributed by atoms with van der Waals surface area (Å²) in [7, 11) is 1.60. The van der Waals surface area contributed by atoms with Crippen LogP contribution in [-0.2, 0) is 0 Å². The van der Waals surface area contributed by atoms with Gasteiger partial charge >= 0.3 is 0 Å². The second kappa shape index (κ2) is 7.08. The molecule has 0 spiro atoms. The molecule has 0 radical (unpaired) electrons. The van der Waals surface area contributed by atoms with Gasteiger partial charge in [-0.1, -0.05) is 12.1 Å². The average Bonchev–Trinajstić information content (AvgIpc) is 3.40. The minimum Gasteiger partial charge on any atom is -0.497 e. The highest BCUT2D eigenvalue weighted by Gasteiger charge is 2.13. The fourth-order valence-corrected chi connectivity index (χ4v) is 2.50. The number of hydrogen-bond acceptors (Lipinski definition) is 6. The zero-order valence-corrected chi connectivity index (χ0v) is 14.3. The predicted molar refractivity (Wildman–Crippen MR) is 97.7 cm³/mol. The van der Waals surface area contributed by atoms with E-state index in [4.69, 9.17) is 4.74 Å². The summed E-state index contributed by atoms with van der Waals surface area (Å²) in [6.45, 7) is 0. The Labute approximate surface area is 154 Å². The summed E-state index contributed by atoms with van der Waals surface area (Å²) >= 11 is 0. The third-order valence-corrected chi connectivity index (χ3v) is 3.82. The van der Waals surface area contributed by atoms with Crippen LogP contribution in [0, 0.1) is 0 Å². The Balaban J connectivity index is 1.52. The second-order valence-corrected chi connectivity index (χ2v) is 5.57. The van der Waals surface area contributed by atoms with Gasteiger partial charge < -0.3 is 10.1 Å². The van der Waals surface area contributed by atoms with Gasteiger partial charge in [0, 0.05) is 24.0 Å². The summed E-state index contributed by atoms with van der Waals surface area (Å²) in [6.07, 6.45) is 4.76. The molecule has 3 heterocycles. The van der Waals surface area contributed by atoms with Crippen molar-refractivity contribution in [1.82, 2.24) is 29.9 Å². The van der Waals surface area contributed by atoms with E-state index in [1.165, 1.54) is 6.33 Å². The molecule has 0 aliphatic rings. The summed E-state index contributed by atoms with van der Waals surface area (Å²) in [5.41, 5.74) is 1.79. The first-order chi connectivity index (χ1) is 13.2. The first kappa shape index (κ1) is 16.5. The molecule has 27 heavy (non-hydrogen) atoms. The highest BCUT2D eigenvalue weighted by molar-refractivity contribution is 6.03. The van der Waals surface area contributed by atoms with Crippen LogP contribution in [-0.4, -0.2) is 43.0 Å². The molecule has 0 saturated carbocycles. The molecule has 0 bridgehead atoms. The number of rotatable bonds is 5. The number of benzene rings is 1. The molecule has 1 aromatic carbocycles. The Hall–Kier alpha value is -4.01. The van der Waals surface area contributed by atoms with E-state index in [-0.39, 0.29) is 5.91 Å². The van der Waals surface area contributed by atoms with Gasteiger partial charge in [-0.05, 0) is 24.3 Å². The molecule has 4 aromatic rings. The lowest BCUT2D eigenvalue weighted by molar-refractivity contribution is 0.102. The van der Waals surface area contributed by atoms with Crippen molar-refractivity contribution in [2.24, 2.45) is 0 Å². The van der Waals surface area contributed by atoms with Crippen molar-refractivity contribution in [3.63, 3.8) is 0 Å². The molecule has 1 amide bonds. The smallest absolute Gasteiger partial charge is 0.274 e. The van der Waals surface area contributed by atoms with Gasteiger partial charge in [0.1, 0.15) is 23.6 Å². The molecule has 0 saturated heterocycles. The molecule has 9 heteroatoms. The highest BCUT2D eigenvalue weighted by Crippen LogP contribution is 2.22. The van der Waals surface area contributed by atoms with Crippen molar-refractivity contribution < 1.29 is 9.53 Å². The lowest BCUT2D eigenvalue weighted by atomic mass is 10.1. The normalized spacial score (nSPS) is 10.6. The van der Waals surface area contributed by atoms with Gasteiger partial charge in [0.25, 0.3) is 5.91 Å². The first-order valence-electron chi connectivity index (χ1n) is 8.06. The zero-order chi connectivity index (χ0) is 18.6. The number of methoxy groups -OCH3 is 1. The van der Waals surface area contributed by atoms with Crippen LogP contribution in [0.25, 0.3) is 17.1 Å². The van der Waals surface area contributed by atoms with Crippen LogP contribution in [0.15, 0.2) is 61.2 Å². The maximum atomic E-state index is 12.5. The SMILES string of the molecule is COc1cccc(-c2cc(C(=O)Nc3cc(-n4cccn4)ncn3)[nH]n2)c1. The summed E-state index contributed by atoms with van der Waals surface area (Å²) in [5, 5.41) is 13.8. The summed E-state index contributed by atoms with van der Waals surface area (Å²) in [6, 6.07) is 12.5. The number of amides is 1. The van der Waals surface area contributed by atoms with Crippen molar-refractivity contribution in [1.29, 1.82) is 0 Å². The van der Waals surface area contributed by atoms with Crippen LogP contribution in [0.1, 0.15) is 10.5 Å². The van der Waals surface area contributed by atoms with E-state index >= 15 is 0 Å². The van der Waals surface area contributed by atoms with Crippen LogP contribution in [0.2, 0.25) is 0 Å². The molecule has 3 aromatic heterocycles. The highest BCUT2D eigenvalue weighted by atomic mass is 16.5. The van der Waals surface area contributed by atoms with Crippen molar-refractivity contribution in [2.75, 3.05) is 12.4 Å². The fourth-order valence-electron chi connectivity index (χ4n) is 2.50. The monoisotopic (exact) mass is 361 g/mol. The molecule has 134 valence electrons. The van der Waals surface area contributed by atoms with E-state index in [0.29, 0.717) is 28.8 Å². The second-order valence-electron chi connectivity index (χ2n) is 5.57. The minimum atomic E-state index is -0.359. The van der Waals surface area contributed by atoms with E-state index in [0.717, 1.165) is 5.56 Å².